The molecule has 0 amide bonds. The molecule has 1 atom stereocenters. The summed E-state index contributed by atoms with van der Waals surface area (Å²) in [6, 6.07) is 9.29. The van der Waals surface area contributed by atoms with Crippen LogP contribution in [0.5, 0.6) is 0 Å². The van der Waals surface area contributed by atoms with Gasteiger partial charge in [-0.1, -0.05) is 38.1 Å². The quantitative estimate of drug-likeness (QED) is 0.766. The molecule has 0 bridgehead atoms. The molecular formula is C13H21NS. The zero-order valence-electron chi connectivity index (χ0n) is 10.1. The summed E-state index contributed by atoms with van der Waals surface area (Å²) in [7, 11) is 4.19. The Kier molecular flexibility index (Phi) is 4.68. The minimum Gasteiger partial charge on any atom is -0.302 e. The van der Waals surface area contributed by atoms with Crippen molar-refractivity contribution in [3.8, 4) is 0 Å². The summed E-state index contributed by atoms with van der Waals surface area (Å²) in [5.41, 5.74) is 2.75. The van der Waals surface area contributed by atoms with Crippen LogP contribution in [0.1, 0.15) is 36.9 Å². The molecule has 0 aliphatic heterocycles. The van der Waals surface area contributed by atoms with Crippen molar-refractivity contribution in [2.24, 2.45) is 0 Å². The van der Waals surface area contributed by atoms with Crippen molar-refractivity contribution < 1.29 is 0 Å². The van der Waals surface area contributed by atoms with Gasteiger partial charge in [0.2, 0.25) is 0 Å². The predicted molar refractivity (Wildman–Crippen MR) is 70.8 cm³/mol. The van der Waals surface area contributed by atoms with E-state index >= 15 is 0 Å². The molecular weight excluding hydrogens is 202 g/mol. The second kappa shape index (κ2) is 5.57. The van der Waals surface area contributed by atoms with Crippen LogP contribution in [0.4, 0.5) is 0 Å². The van der Waals surface area contributed by atoms with Gasteiger partial charge >= 0.3 is 0 Å². The minimum atomic E-state index is 0.412. The maximum atomic E-state index is 4.39. The van der Waals surface area contributed by atoms with Gasteiger partial charge in [-0.25, -0.2) is 0 Å². The fourth-order valence-corrected chi connectivity index (χ4v) is 2.21. The Labute approximate surface area is 98.9 Å². The summed E-state index contributed by atoms with van der Waals surface area (Å²) in [6.07, 6.45) is 0. The van der Waals surface area contributed by atoms with Crippen LogP contribution >= 0.6 is 12.6 Å². The third kappa shape index (κ3) is 3.25. The molecule has 0 aliphatic rings. The van der Waals surface area contributed by atoms with Crippen molar-refractivity contribution in [2.75, 3.05) is 19.8 Å². The average molecular weight is 223 g/mol. The topological polar surface area (TPSA) is 3.24 Å². The van der Waals surface area contributed by atoms with Gasteiger partial charge in [-0.05, 0) is 31.1 Å². The Balaban J connectivity index is 2.87. The lowest BCUT2D eigenvalue weighted by atomic mass is 9.99. The van der Waals surface area contributed by atoms with E-state index in [0.29, 0.717) is 12.0 Å². The molecule has 84 valence electrons. The molecule has 0 fully saturated rings. The van der Waals surface area contributed by atoms with Gasteiger partial charge < -0.3 is 4.90 Å². The van der Waals surface area contributed by atoms with E-state index in [4.69, 9.17) is 0 Å². The highest BCUT2D eigenvalue weighted by Gasteiger charge is 2.11. The molecule has 1 aromatic carbocycles. The molecule has 0 aromatic heterocycles. The summed E-state index contributed by atoms with van der Waals surface area (Å²) in [6.45, 7) is 4.44. The molecule has 1 unspecified atom stereocenters. The van der Waals surface area contributed by atoms with Gasteiger partial charge in [-0.15, -0.1) is 0 Å². The molecule has 0 spiro atoms. The number of thiol groups is 1. The summed E-state index contributed by atoms with van der Waals surface area (Å²) in [4.78, 5) is 2.21. The van der Waals surface area contributed by atoms with Crippen LogP contribution in [-0.4, -0.2) is 24.7 Å². The highest BCUT2D eigenvalue weighted by atomic mass is 32.1. The van der Waals surface area contributed by atoms with Crippen molar-refractivity contribution in [3.63, 3.8) is 0 Å². The van der Waals surface area contributed by atoms with E-state index in [-0.39, 0.29) is 0 Å². The van der Waals surface area contributed by atoms with E-state index in [0.717, 1.165) is 5.75 Å². The lowest BCUT2D eigenvalue weighted by Gasteiger charge is -2.23. The Morgan fingerprint density at radius 3 is 1.87 bits per heavy atom. The van der Waals surface area contributed by atoms with E-state index in [1.54, 1.807) is 0 Å². The van der Waals surface area contributed by atoms with Gasteiger partial charge in [-0.2, -0.15) is 12.6 Å². The molecule has 0 aliphatic carbocycles. The van der Waals surface area contributed by atoms with Gasteiger partial charge in [0.05, 0.1) is 0 Å². The van der Waals surface area contributed by atoms with E-state index in [1.165, 1.54) is 11.1 Å². The van der Waals surface area contributed by atoms with Gasteiger partial charge in [0, 0.05) is 11.8 Å². The number of rotatable bonds is 4. The van der Waals surface area contributed by atoms with Crippen LogP contribution in [0, 0.1) is 0 Å². The standard InChI is InChI=1S/C13H21NS/c1-10(2)11-5-7-12(8-6-11)13(9-15)14(3)4/h5-8,10,13,15H,9H2,1-4H3. The second-order valence-electron chi connectivity index (χ2n) is 4.48. The van der Waals surface area contributed by atoms with Crippen LogP contribution < -0.4 is 0 Å². The van der Waals surface area contributed by atoms with Crippen LogP contribution in [-0.2, 0) is 0 Å². The molecule has 0 saturated heterocycles. The number of nitrogens with zero attached hydrogens (tertiary/aromatic N) is 1. The normalized spacial score (nSPS) is 13.5. The zero-order chi connectivity index (χ0) is 11.4. The SMILES string of the molecule is CC(C)c1ccc(C(CS)N(C)C)cc1. The van der Waals surface area contributed by atoms with Crippen LogP contribution in [0.2, 0.25) is 0 Å². The zero-order valence-corrected chi connectivity index (χ0v) is 11.0. The highest BCUT2D eigenvalue weighted by molar-refractivity contribution is 7.80. The Morgan fingerprint density at radius 1 is 1.07 bits per heavy atom. The maximum absolute atomic E-state index is 4.39. The fraction of sp³-hybridized carbons (Fsp3) is 0.538. The number of benzene rings is 1. The first kappa shape index (κ1) is 12.6. The molecule has 1 rings (SSSR count). The van der Waals surface area contributed by atoms with Crippen LogP contribution in [0.25, 0.3) is 0 Å². The third-order valence-electron chi connectivity index (χ3n) is 2.78. The first-order valence-electron chi connectivity index (χ1n) is 5.43. The lowest BCUT2D eigenvalue weighted by Crippen LogP contribution is -2.21. The molecule has 1 aromatic rings. The molecule has 2 heteroatoms. The van der Waals surface area contributed by atoms with E-state index in [9.17, 15) is 0 Å². The van der Waals surface area contributed by atoms with Crippen molar-refractivity contribution in [2.45, 2.75) is 25.8 Å². The summed E-state index contributed by atoms with van der Waals surface area (Å²) >= 11 is 4.39. The fourth-order valence-electron chi connectivity index (χ4n) is 1.67. The van der Waals surface area contributed by atoms with Gasteiger partial charge in [0.15, 0.2) is 0 Å². The average Bonchev–Trinajstić information content (AvgIpc) is 2.19. The van der Waals surface area contributed by atoms with Crippen molar-refractivity contribution in [3.05, 3.63) is 35.4 Å². The van der Waals surface area contributed by atoms with Gasteiger partial charge in [0.1, 0.15) is 0 Å². The maximum Gasteiger partial charge on any atom is 0.0429 e. The van der Waals surface area contributed by atoms with Crippen LogP contribution in [0.3, 0.4) is 0 Å². The first-order valence-corrected chi connectivity index (χ1v) is 6.06. The molecule has 0 N–H and O–H groups in total. The number of hydrogen-bond donors (Lipinski definition) is 1. The highest BCUT2D eigenvalue weighted by Crippen LogP contribution is 2.22. The second-order valence-corrected chi connectivity index (χ2v) is 4.85. The Hall–Kier alpha value is -0.470. The summed E-state index contributed by atoms with van der Waals surface area (Å²) in [5.74, 6) is 1.46. The van der Waals surface area contributed by atoms with E-state index in [1.807, 2.05) is 0 Å². The summed E-state index contributed by atoms with van der Waals surface area (Å²) in [5, 5.41) is 0. The largest absolute Gasteiger partial charge is 0.302 e. The van der Waals surface area contributed by atoms with Crippen LogP contribution in [0.15, 0.2) is 24.3 Å². The van der Waals surface area contributed by atoms with Crippen molar-refractivity contribution in [1.82, 2.24) is 4.90 Å². The third-order valence-corrected chi connectivity index (χ3v) is 3.13. The first-order chi connectivity index (χ1) is 7.06. The monoisotopic (exact) mass is 223 g/mol. The molecule has 1 nitrogen and oxygen atoms in total. The minimum absolute atomic E-state index is 0.412. The van der Waals surface area contributed by atoms with Crippen molar-refractivity contribution in [1.29, 1.82) is 0 Å². The van der Waals surface area contributed by atoms with Gasteiger partial charge in [0.25, 0.3) is 0 Å². The predicted octanol–water partition coefficient (Wildman–Crippen LogP) is 3.34. The lowest BCUT2D eigenvalue weighted by molar-refractivity contribution is 0.326. The molecule has 0 radical (unpaired) electrons. The van der Waals surface area contributed by atoms with E-state index in [2.05, 4.69) is 69.7 Å². The number of hydrogen-bond acceptors (Lipinski definition) is 2. The van der Waals surface area contributed by atoms with E-state index < -0.39 is 0 Å². The molecule has 15 heavy (non-hydrogen) atoms. The molecule has 0 heterocycles. The Bertz CT molecular complexity index is 290. The Morgan fingerprint density at radius 2 is 1.53 bits per heavy atom. The summed E-state index contributed by atoms with van der Waals surface area (Å²) < 4.78 is 0. The van der Waals surface area contributed by atoms with Gasteiger partial charge in [-0.3, -0.25) is 0 Å². The smallest absolute Gasteiger partial charge is 0.0429 e. The molecule has 0 saturated carbocycles. The van der Waals surface area contributed by atoms with Crippen molar-refractivity contribution >= 4 is 12.6 Å².